The van der Waals surface area contributed by atoms with E-state index in [1.54, 1.807) is 3.58 Å². The topological polar surface area (TPSA) is 6.48 Å². The minimum atomic E-state index is -0.505. The summed E-state index contributed by atoms with van der Waals surface area (Å²) in [5.41, 5.74) is 3.02. The molecule has 0 aliphatic heterocycles. The van der Waals surface area contributed by atoms with E-state index >= 15 is 0 Å². The van der Waals surface area contributed by atoms with E-state index in [4.69, 9.17) is 0 Å². The number of benzene rings is 1. The first-order valence-electron chi connectivity index (χ1n) is 5.33. The molecule has 0 atom stereocenters. The van der Waals surface area contributed by atoms with Crippen molar-refractivity contribution in [2.24, 2.45) is 0 Å². The van der Waals surface area contributed by atoms with Crippen LogP contribution >= 0.6 is 0 Å². The number of rotatable bonds is 5. The molecule has 0 amide bonds. The van der Waals surface area contributed by atoms with E-state index in [1.165, 1.54) is 11.1 Å². The molecule has 0 saturated carbocycles. The Morgan fingerprint density at radius 2 is 1.44 bits per heavy atom. The zero-order valence-corrected chi connectivity index (χ0v) is 15.0. The van der Waals surface area contributed by atoms with Crippen molar-refractivity contribution in [1.29, 1.82) is 0 Å². The van der Waals surface area contributed by atoms with Crippen molar-refractivity contribution < 1.29 is 0 Å². The Hall–Kier alpha value is 0.458. The zero-order valence-electron chi connectivity index (χ0n) is 10.4. The van der Waals surface area contributed by atoms with Crippen molar-refractivity contribution in [3.8, 4) is 0 Å². The third-order valence-electron chi connectivity index (χ3n) is 2.31. The molecule has 0 aliphatic carbocycles. The van der Waals surface area contributed by atoms with Gasteiger partial charge in [0.15, 0.2) is 0 Å². The molecule has 0 spiro atoms. The van der Waals surface area contributed by atoms with Crippen LogP contribution in [-0.4, -0.2) is 68.5 Å². The Morgan fingerprint density at radius 1 is 1.00 bits per heavy atom. The number of hydrogen-bond donors (Lipinski definition) is 0. The van der Waals surface area contributed by atoms with E-state index in [9.17, 15) is 0 Å². The van der Waals surface area contributed by atoms with Crippen LogP contribution in [0.5, 0.6) is 0 Å². The molecule has 2 nitrogen and oxygen atoms in total. The molecule has 0 fully saturated rings. The molecule has 0 bridgehead atoms. The van der Waals surface area contributed by atoms with Crippen LogP contribution in [0.25, 0.3) is 0 Å². The monoisotopic (exact) mass is 391 g/mol. The molecule has 1 aromatic rings. The minimum absolute atomic E-state index is 0.505. The maximum atomic E-state index is 3.32. The van der Waals surface area contributed by atoms with E-state index in [-0.39, 0.29) is 0 Å². The summed E-state index contributed by atoms with van der Waals surface area (Å²) in [4.78, 5) is 4.49. The average molecular weight is 389 g/mol. The fourth-order valence-electron chi connectivity index (χ4n) is 1.73. The maximum absolute atomic E-state index is 3.32. The summed E-state index contributed by atoms with van der Waals surface area (Å²) < 4.78 is 1.63. The summed E-state index contributed by atoms with van der Waals surface area (Å²) in [7, 11) is 8.53. The van der Waals surface area contributed by atoms with Gasteiger partial charge < -0.3 is 0 Å². The number of hydrogen-bond acceptors (Lipinski definition) is 2. The van der Waals surface area contributed by atoms with Crippen LogP contribution in [0.15, 0.2) is 18.2 Å². The van der Waals surface area contributed by atoms with Crippen LogP contribution in [-0.2, 0) is 13.1 Å². The summed E-state index contributed by atoms with van der Waals surface area (Å²) in [6.07, 6.45) is 0. The standard InChI is InChI=1S/C12H19N2.Se.Sn/c1-13(2)9-11-6-5-7-12(8-11)10-14(3)4;;/h5-7H,9-10H2,1-4H3;;. The molecule has 87 valence electrons. The Kier molecular flexibility index (Phi) is 6.37. The van der Waals surface area contributed by atoms with Crippen LogP contribution < -0.4 is 3.58 Å². The predicted octanol–water partition coefficient (Wildman–Crippen LogP) is 0.223. The van der Waals surface area contributed by atoms with E-state index in [0.717, 1.165) is 13.1 Å². The van der Waals surface area contributed by atoms with E-state index < -0.39 is 18.3 Å². The molecule has 0 aliphatic rings. The van der Waals surface area contributed by atoms with Crippen molar-refractivity contribution in [2.75, 3.05) is 28.2 Å². The second kappa shape index (κ2) is 7.02. The molecule has 1 aromatic carbocycles. The van der Waals surface area contributed by atoms with Gasteiger partial charge in [-0.2, -0.15) is 0 Å². The molecule has 0 heterocycles. The van der Waals surface area contributed by atoms with E-state index in [2.05, 4.69) is 68.4 Å². The van der Waals surface area contributed by atoms with Gasteiger partial charge in [0.25, 0.3) is 0 Å². The van der Waals surface area contributed by atoms with Crippen molar-refractivity contribution in [1.82, 2.24) is 9.80 Å². The fourth-order valence-corrected chi connectivity index (χ4v) is 7.09. The van der Waals surface area contributed by atoms with E-state index in [0.29, 0.717) is 0 Å². The van der Waals surface area contributed by atoms with Crippen LogP contribution in [0, 0.1) is 0 Å². The predicted molar refractivity (Wildman–Crippen MR) is 72.4 cm³/mol. The molecule has 0 aromatic heterocycles. The molecule has 1 rings (SSSR count). The fraction of sp³-hybridized carbons (Fsp3) is 0.500. The summed E-state index contributed by atoms with van der Waals surface area (Å²) in [5.74, 6) is 0. The Labute approximate surface area is 114 Å². The molecule has 0 saturated heterocycles. The first-order chi connectivity index (χ1) is 7.54. The van der Waals surface area contributed by atoms with Crippen molar-refractivity contribution in [3.05, 3.63) is 29.3 Å². The second-order valence-electron chi connectivity index (χ2n) is 4.53. The van der Waals surface area contributed by atoms with Gasteiger partial charge in [-0.05, 0) is 0 Å². The van der Waals surface area contributed by atoms with Gasteiger partial charge in [0.1, 0.15) is 0 Å². The van der Waals surface area contributed by atoms with Gasteiger partial charge in [-0.1, -0.05) is 0 Å². The number of nitrogens with zero attached hydrogens (tertiary/aromatic N) is 2. The van der Waals surface area contributed by atoms with Crippen molar-refractivity contribution in [3.63, 3.8) is 0 Å². The summed E-state index contributed by atoms with van der Waals surface area (Å²) >= 11 is 2.81. The molecule has 0 unspecified atom stereocenters. The summed E-state index contributed by atoms with van der Waals surface area (Å²) in [5, 5.41) is 0. The van der Waals surface area contributed by atoms with Crippen LogP contribution in [0.2, 0.25) is 0 Å². The molecular formula is C12H19N2SeSn. The Balaban J connectivity index is 3.05. The van der Waals surface area contributed by atoms with Gasteiger partial charge in [-0.15, -0.1) is 0 Å². The SMILES string of the molecule is CN(C)Cc1cccc(CN(C)C)[c]1[Sn]=[Se]. The van der Waals surface area contributed by atoms with Crippen molar-refractivity contribution >= 4 is 34.1 Å². The van der Waals surface area contributed by atoms with Gasteiger partial charge in [0, 0.05) is 0 Å². The molecule has 0 N–H and O–H groups in total. The normalized spacial score (nSPS) is 11.1. The van der Waals surface area contributed by atoms with Crippen LogP contribution in [0.4, 0.5) is 0 Å². The van der Waals surface area contributed by atoms with Crippen LogP contribution in [0.3, 0.4) is 0 Å². The van der Waals surface area contributed by atoms with Gasteiger partial charge in [-0.3, -0.25) is 0 Å². The second-order valence-corrected chi connectivity index (χ2v) is 9.41. The van der Waals surface area contributed by atoms with Gasteiger partial charge >= 0.3 is 115 Å². The third kappa shape index (κ3) is 4.38. The van der Waals surface area contributed by atoms with Gasteiger partial charge in [0.05, 0.1) is 0 Å². The van der Waals surface area contributed by atoms with Gasteiger partial charge in [0.2, 0.25) is 0 Å². The first kappa shape index (κ1) is 14.5. The molecule has 1 radical (unpaired) electrons. The Morgan fingerprint density at radius 3 is 1.75 bits per heavy atom. The molecule has 4 heteroatoms. The van der Waals surface area contributed by atoms with Crippen molar-refractivity contribution in [2.45, 2.75) is 13.1 Å². The van der Waals surface area contributed by atoms with Gasteiger partial charge in [-0.25, -0.2) is 0 Å². The summed E-state index contributed by atoms with van der Waals surface area (Å²) in [6, 6.07) is 6.73. The molecule has 16 heavy (non-hydrogen) atoms. The zero-order chi connectivity index (χ0) is 12.1. The van der Waals surface area contributed by atoms with E-state index in [1.807, 2.05) is 0 Å². The summed E-state index contributed by atoms with van der Waals surface area (Å²) in [6.45, 7) is 2.11. The Bertz CT molecular complexity index is 336. The third-order valence-corrected chi connectivity index (χ3v) is 7.60. The average Bonchev–Trinajstić information content (AvgIpc) is 2.16. The first-order valence-corrected chi connectivity index (χ1v) is 13.7. The molecular weight excluding hydrogens is 370 g/mol. The quantitative estimate of drug-likeness (QED) is 0.666. The van der Waals surface area contributed by atoms with Crippen LogP contribution in [0.1, 0.15) is 11.1 Å².